The Bertz CT molecular complexity index is 1660. The highest BCUT2D eigenvalue weighted by Crippen LogP contribution is 2.23. The number of nitrogen functional groups attached to an aromatic ring is 3. The van der Waals surface area contributed by atoms with Crippen LogP contribution in [0.3, 0.4) is 0 Å². The van der Waals surface area contributed by atoms with E-state index in [-0.39, 0.29) is 24.7 Å². The average Bonchev–Trinajstić information content (AvgIpc) is 3.07. The third-order valence-electron chi connectivity index (χ3n) is 6.88. The van der Waals surface area contributed by atoms with Crippen molar-refractivity contribution in [2.24, 2.45) is 0 Å². The molecular formula is C38H43N3O7. The van der Waals surface area contributed by atoms with Crippen LogP contribution < -0.4 is 21.9 Å². The molecule has 0 aliphatic rings. The van der Waals surface area contributed by atoms with Crippen molar-refractivity contribution in [3.63, 3.8) is 0 Å². The van der Waals surface area contributed by atoms with E-state index in [0.29, 0.717) is 35.7 Å². The van der Waals surface area contributed by atoms with E-state index in [1.54, 1.807) is 31.4 Å². The summed E-state index contributed by atoms with van der Waals surface area (Å²) in [5, 5.41) is 0. The van der Waals surface area contributed by atoms with Crippen molar-refractivity contribution in [2.75, 3.05) is 44.1 Å². The van der Waals surface area contributed by atoms with E-state index in [1.165, 1.54) is 18.2 Å². The first kappa shape index (κ1) is 36.7. The molecule has 6 N–H and O–H groups in total. The van der Waals surface area contributed by atoms with Crippen molar-refractivity contribution in [1.82, 2.24) is 0 Å². The molecule has 0 spiro atoms. The van der Waals surface area contributed by atoms with Gasteiger partial charge in [0.1, 0.15) is 5.75 Å². The first-order chi connectivity index (χ1) is 23.1. The largest absolute Gasteiger partial charge is 0.497 e. The number of unbranched alkanes of at least 4 members (excludes halogenated alkanes) is 1. The van der Waals surface area contributed by atoms with E-state index in [2.05, 4.69) is 0 Å². The van der Waals surface area contributed by atoms with E-state index in [9.17, 15) is 14.4 Å². The molecule has 0 amide bonds. The molecule has 0 aromatic heterocycles. The van der Waals surface area contributed by atoms with E-state index in [1.807, 2.05) is 68.4 Å². The van der Waals surface area contributed by atoms with Gasteiger partial charge in [0.15, 0.2) is 0 Å². The Morgan fingerprint density at radius 2 is 1.27 bits per heavy atom. The van der Waals surface area contributed by atoms with E-state index < -0.39 is 11.9 Å². The fourth-order valence-corrected chi connectivity index (χ4v) is 4.31. The number of esters is 3. The van der Waals surface area contributed by atoms with Crippen molar-refractivity contribution < 1.29 is 33.3 Å². The molecule has 48 heavy (non-hydrogen) atoms. The molecule has 10 heteroatoms. The SMILES string of the molecule is CCCCOC(=O)c1ccc(C)cc1N.COc1ccc(-c2ccc(/C=C/C(=O)OCCCOC(=O)c3cc(N)cc(N)c3)cc2)cc1. The van der Waals surface area contributed by atoms with Crippen LogP contribution in [0.5, 0.6) is 5.75 Å². The summed E-state index contributed by atoms with van der Waals surface area (Å²) in [4.78, 5) is 35.4. The number of hydrogen-bond donors (Lipinski definition) is 3. The summed E-state index contributed by atoms with van der Waals surface area (Å²) < 4.78 is 20.5. The highest BCUT2D eigenvalue weighted by Gasteiger charge is 2.11. The smallest absolute Gasteiger partial charge is 0.340 e. The van der Waals surface area contributed by atoms with Crippen LogP contribution in [0, 0.1) is 6.92 Å². The Morgan fingerprint density at radius 1 is 0.688 bits per heavy atom. The monoisotopic (exact) mass is 653 g/mol. The number of carbonyl (C=O) groups excluding carboxylic acids is 3. The Labute approximate surface area is 281 Å². The molecule has 4 aromatic carbocycles. The molecule has 0 unspecified atom stereocenters. The summed E-state index contributed by atoms with van der Waals surface area (Å²) in [6, 6.07) is 25.5. The molecular weight excluding hydrogens is 610 g/mol. The standard InChI is InChI=1S/C26H26N2O5.C12H17NO2/c1-31-24-10-8-20(9-11-24)19-6-3-18(4-7-19)5-12-25(29)32-13-2-14-33-26(30)21-15-22(27)17-23(28)16-21;1-3-4-7-15-12(14)10-6-5-9(2)8-11(10)13/h3-12,15-17H,2,13-14,27-28H2,1H3;5-6,8H,3-4,7,13H2,1-2H3/b12-5+;. The topological polar surface area (TPSA) is 166 Å². The van der Waals surface area contributed by atoms with Gasteiger partial charge in [0.2, 0.25) is 0 Å². The van der Waals surface area contributed by atoms with Gasteiger partial charge in [-0.05, 0) is 84.1 Å². The Hall–Kier alpha value is -5.77. The number of nitrogens with two attached hydrogens (primary N) is 3. The summed E-state index contributed by atoms with van der Waals surface area (Å²) in [5.41, 5.74) is 23.1. The number of rotatable bonds is 13. The minimum Gasteiger partial charge on any atom is -0.497 e. The summed E-state index contributed by atoms with van der Waals surface area (Å²) >= 11 is 0. The number of anilines is 3. The van der Waals surface area contributed by atoms with Crippen molar-refractivity contribution in [3.05, 3.63) is 113 Å². The Morgan fingerprint density at radius 3 is 1.88 bits per heavy atom. The van der Waals surface area contributed by atoms with Crippen LogP contribution >= 0.6 is 0 Å². The number of aryl methyl sites for hydroxylation is 1. The molecule has 0 aliphatic carbocycles. The van der Waals surface area contributed by atoms with Gasteiger partial charge in [0, 0.05) is 29.6 Å². The molecule has 4 aromatic rings. The first-order valence-electron chi connectivity index (χ1n) is 15.5. The first-order valence-corrected chi connectivity index (χ1v) is 15.5. The zero-order chi connectivity index (χ0) is 34.9. The molecule has 0 saturated carbocycles. The maximum Gasteiger partial charge on any atom is 0.340 e. The van der Waals surface area contributed by atoms with Crippen LogP contribution in [0.1, 0.15) is 58.0 Å². The average molecular weight is 654 g/mol. The lowest BCUT2D eigenvalue weighted by molar-refractivity contribution is -0.137. The lowest BCUT2D eigenvalue weighted by Gasteiger charge is -2.07. The number of methoxy groups -OCH3 is 1. The van der Waals surface area contributed by atoms with Crippen molar-refractivity contribution in [1.29, 1.82) is 0 Å². The van der Waals surface area contributed by atoms with E-state index in [4.69, 9.17) is 36.1 Å². The molecule has 0 heterocycles. The van der Waals surface area contributed by atoms with Crippen LogP contribution in [0.2, 0.25) is 0 Å². The molecule has 0 fully saturated rings. The fourth-order valence-electron chi connectivity index (χ4n) is 4.31. The van der Waals surface area contributed by atoms with Gasteiger partial charge >= 0.3 is 17.9 Å². The molecule has 0 saturated heterocycles. The van der Waals surface area contributed by atoms with E-state index in [0.717, 1.165) is 40.8 Å². The lowest BCUT2D eigenvalue weighted by Crippen LogP contribution is -2.10. The molecule has 252 valence electrons. The van der Waals surface area contributed by atoms with Crippen LogP contribution in [-0.4, -0.2) is 44.8 Å². The summed E-state index contributed by atoms with van der Waals surface area (Å²) in [7, 11) is 1.63. The third-order valence-corrected chi connectivity index (χ3v) is 6.88. The van der Waals surface area contributed by atoms with E-state index >= 15 is 0 Å². The highest BCUT2D eigenvalue weighted by atomic mass is 16.5. The molecule has 0 aliphatic heterocycles. The Kier molecular flexibility index (Phi) is 14.5. The highest BCUT2D eigenvalue weighted by molar-refractivity contribution is 5.95. The van der Waals surface area contributed by atoms with Crippen molar-refractivity contribution >= 4 is 41.0 Å². The minimum atomic E-state index is -0.529. The van der Waals surface area contributed by atoms with Crippen LogP contribution in [0.4, 0.5) is 17.1 Å². The van der Waals surface area contributed by atoms with Crippen molar-refractivity contribution in [2.45, 2.75) is 33.1 Å². The molecule has 0 radical (unpaired) electrons. The maximum atomic E-state index is 12.0. The molecule has 10 nitrogen and oxygen atoms in total. The zero-order valence-corrected chi connectivity index (χ0v) is 27.6. The summed E-state index contributed by atoms with van der Waals surface area (Å²) in [6.45, 7) is 4.68. The van der Waals surface area contributed by atoms with Gasteiger partial charge in [-0.15, -0.1) is 0 Å². The number of hydrogen-bond acceptors (Lipinski definition) is 10. The normalized spacial score (nSPS) is 10.5. The van der Waals surface area contributed by atoms with Gasteiger partial charge in [-0.2, -0.15) is 0 Å². The second-order valence-corrected chi connectivity index (χ2v) is 10.8. The quantitative estimate of drug-likeness (QED) is 0.0456. The second-order valence-electron chi connectivity index (χ2n) is 10.8. The predicted molar refractivity (Wildman–Crippen MR) is 189 cm³/mol. The summed E-state index contributed by atoms with van der Waals surface area (Å²) in [6.07, 6.45) is 5.32. The maximum absolute atomic E-state index is 12.0. The van der Waals surface area contributed by atoms with Gasteiger partial charge < -0.3 is 36.1 Å². The van der Waals surface area contributed by atoms with Gasteiger partial charge in [-0.25, -0.2) is 14.4 Å². The second kappa shape index (κ2) is 19.0. The fraction of sp³-hybridized carbons (Fsp3) is 0.237. The minimum absolute atomic E-state index is 0.108. The van der Waals surface area contributed by atoms with Crippen LogP contribution in [-0.2, 0) is 19.0 Å². The van der Waals surface area contributed by atoms with Crippen molar-refractivity contribution in [3.8, 4) is 16.9 Å². The van der Waals surface area contributed by atoms with Crippen LogP contribution in [0.15, 0.2) is 91.0 Å². The lowest BCUT2D eigenvalue weighted by atomic mass is 10.0. The van der Waals surface area contributed by atoms with Gasteiger partial charge in [-0.1, -0.05) is 55.8 Å². The molecule has 4 rings (SSSR count). The molecule has 0 atom stereocenters. The van der Waals surface area contributed by atoms with Gasteiger partial charge in [0.25, 0.3) is 0 Å². The Balaban J connectivity index is 0.000000348. The van der Waals surface area contributed by atoms with Crippen LogP contribution in [0.25, 0.3) is 17.2 Å². The van der Waals surface area contributed by atoms with Gasteiger partial charge in [-0.3, -0.25) is 0 Å². The number of carbonyl (C=O) groups is 3. The summed E-state index contributed by atoms with van der Waals surface area (Å²) in [5.74, 6) is -0.523. The zero-order valence-electron chi connectivity index (χ0n) is 27.6. The number of benzene rings is 4. The predicted octanol–water partition coefficient (Wildman–Crippen LogP) is 6.86. The van der Waals surface area contributed by atoms with Gasteiger partial charge in [0.05, 0.1) is 38.1 Å². The number of ether oxygens (including phenoxy) is 4. The molecule has 0 bridgehead atoms. The third kappa shape index (κ3) is 12.2.